The highest BCUT2D eigenvalue weighted by molar-refractivity contribution is 7.15. The summed E-state index contributed by atoms with van der Waals surface area (Å²) in [5.41, 5.74) is 1.35. The molecule has 5 heteroatoms. The Morgan fingerprint density at radius 2 is 2.24 bits per heavy atom. The third-order valence-corrected chi connectivity index (χ3v) is 5.60. The fraction of sp³-hybridized carbons (Fsp3) is 0.812. The Labute approximate surface area is 131 Å². The number of hydrogen-bond acceptors (Lipinski definition) is 5. The Morgan fingerprint density at radius 3 is 2.95 bits per heavy atom. The Balaban J connectivity index is 1.76. The third kappa shape index (κ3) is 3.58. The lowest BCUT2D eigenvalue weighted by Gasteiger charge is -2.22. The van der Waals surface area contributed by atoms with E-state index in [1.165, 1.54) is 47.8 Å². The van der Waals surface area contributed by atoms with E-state index < -0.39 is 0 Å². The van der Waals surface area contributed by atoms with Crippen molar-refractivity contribution >= 4 is 16.5 Å². The smallest absolute Gasteiger partial charge is 0.186 e. The fourth-order valence-electron chi connectivity index (χ4n) is 3.05. The summed E-state index contributed by atoms with van der Waals surface area (Å²) in [4.78, 5) is 8.94. The number of nitrogens with zero attached hydrogens (tertiary/aromatic N) is 2. The molecular weight excluding hydrogens is 282 g/mol. The quantitative estimate of drug-likeness (QED) is 0.800. The lowest BCUT2D eigenvalue weighted by atomic mass is 9.98. The lowest BCUT2D eigenvalue weighted by Crippen LogP contribution is -2.29. The van der Waals surface area contributed by atoms with Gasteiger partial charge in [0.1, 0.15) is 0 Å². The predicted octanol–water partition coefficient (Wildman–Crippen LogP) is 3.14. The number of fused-ring (bicyclic) bond motifs is 1. The molecule has 1 N–H and O–H groups in total. The summed E-state index contributed by atoms with van der Waals surface area (Å²) >= 11 is 1.92. The monoisotopic (exact) mass is 309 g/mol. The standard InChI is InChI=1S/C16H27N3OS/c1-3-9-17-13-5-4-6-14-15(13)21-16(18-14)19(10-11-20-2)12-7-8-12/h12-13,17H,3-11H2,1-2H3. The first kappa shape index (κ1) is 15.3. The molecule has 0 spiro atoms. The molecule has 1 heterocycles. The number of methoxy groups -OCH3 is 1. The summed E-state index contributed by atoms with van der Waals surface area (Å²) in [5.74, 6) is 0. The predicted molar refractivity (Wildman–Crippen MR) is 88.3 cm³/mol. The van der Waals surface area contributed by atoms with E-state index in [1.54, 1.807) is 7.11 Å². The molecule has 0 amide bonds. The number of ether oxygens (including phenoxy) is 1. The van der Waals surface area contributed by atoms with Crippen LogP contribution >= 0.6 is 11.3 Å². The first-order valence-electron chi connectivity index (χ1n) is 8.32. The Morgan fingerprint density at radius 1 is 1.38 bits per heavy atom. The van der Waals surface area contributed by atoms with Crippen LogP contribution in [0.2, 0.25) is 0 Å². The van der Waals surface area contributed by atoms with Gasteiger partial charge < -0.3 is 15.0 Å². The number of hydrogen-bond donors (Lipinski definition) is 1. The van der Waals surface area contributed by atoms with Gasteiger partial charge in [-0.2, -0.15) is 0 Å². The summed E-state index contributed by atoms with van der Waals surface area (Å²) in [5, 5.41) is 4.92. The van der Waals surface area contributed by atoms with Gasteiger partial charge in [-0.05, 0) is 45.1 Å². The van der Waals surface area contributed by atoms with Gasteiger partial charge in [0.25, 0.3) is 0 Å². The molecule has 1 fully saturated rings. The van der Waals surface area contributed by atoms with E-state index in [-0.39, 0.29) is 0 Å². The van der Waals surface area contributed by atoms with Crippen LogP contribution in [0.3, 0.4) is 0 Å². The molecule has 21 heavy (non-hydrogen) atoms. The molecule has 0 aromatic carbocycles. The summed E-state index contributed by atoms with van der Waals surface area (Å²) in [6, 6.07) is 1.23. The Hall–Kier alpha value is -0.650. The van der Waals surface area contributed by atoms with E-state index in [0.29, 0.717) is 12.1 Å². The topological polar surface area (TPSA) is 37.4 Å². The van der Waals surface area contributed by atoms with Crippen molar-refractivity contribution in [2.75, 3.05) is 31.7 Å². The molecule has 2 aliphatic rings. The minimum Gasteiger partial charge on any atom is -0.383 e. The molecule has 0 radical (unpaired) electrons. The minimum absolute atomic E-state index is 0.531. The van der Waals surface area contributed by atoms with Gasteiger partial charge in [0.05, 0.1) is 12.3 Å². The molecule has 3 rings (SSSR count). The van der Waals surface area contributed by atoms with Crippen molar-refractivity contribution < 1.29 is 4.74 Å². The molecule has 0 aliphatic heterocycles. The zero-order chi connectivity index (χ0) is 14.7. The average molecular weight is 309 g/mol. The minimum atomic E-state index is 0.531. The van der Waals surface area contributed by atoms with Crippen LogP contribution < -0.4 is 10.2 Å². The lowest BCUT2D eigenvalue weighted by molar-refractivity contribution is 0.205. The highest BCUT2D eigenvalue weighted by atomic mass is 32.1. The molecule has 2 aliphatic carbocycles. The Bertz CT molecular complexity index is 458. The largest absolute Gasteiger partial charge is 0.383 e. The van der Waals surface area contributed by atoms with E-state index in [1.807, 2.05) is 11.3 Å². The van der Waals surface area contributed by atoms with Crippen LogP contribution in [0.4, 0.5) is 5.13 Å². The van der Waals surface area contributed by atoms with Gasteiger partial charge in [0.2, 0.25) is 0 Å². The molecule has 1 saturated carbocycles. The van der Waals surface area contributed by atoms with Gasteiger partial charge >= 0.3 is 0 Å². The van der Waals surface area contributed by atoms with Crippen molar-refractivity contribution in [1.82, 2.24) is 10.3 Å². The summed E-state index contributed by atoms with van der Waals surface area (Å²) in [6.45, 7) is 5.10. The maximum atomic E-state index is 5.27. The van der Waals surface area contributed by atoms with E-state index in [9.17, 15) is 0 Å². The van der Waals surface area contributed by atoms with Crippen LogP contribution in [0, 0.1) is 0 Å². The number of aryl methyl sites for hydroxylation is 1. The van der Waals surface area contributed by atoms with Gasteiger partial charge in [0.15, 0.2) is 5.13 Å². The molecule has 1 unspecified atom stereocenters. The van der Waals surface area contributed by atoms with E-state index in [0.717, 1.165) is 26.1 Å². The van der Waals surface area contributed by atoms with Crippen LogP contribution in [0.15, 0.2) is 0 Å². The second kappa shape index (κ2) is 7.07. The van der Waals surface area contributed by atoms with Crippen molar-refractivity contribution in [3.8, 4) is 0 Å². The first-order valence-corrected chi connectivity index (χ1v) is 9.13. The molecule has 4 nitrogen and oxygen atoms in total. The van der Waals surface area contributed by atoms with Crippen molar-refractivity contribution in [2.24, 2.45) is 0 Å². The molecule has 0 bridgehead atoms. The van der Waals surface area contributed by atoms with Gasteiger partial charge in [-0.1, -0.05) is 18.3 Å². The number of anilines is 1. The number of aromatic nitrogens is 1. The second-order valence-corrected chi connectivity index (χ2v) is 7.13. The van der Waals surface area contributed by atoms with Crippen LogP contribution in [0.5, 0.6) is 0 Å². The van der Waals surface area contributed by atoms with Crippen molar-refractivity contribution in [3.63, 3.8) is 0 Å². The molecule has 118 valence electrons. The van der Waals surface area contributed by atoms with Gasteiger partial charge in [-0.15, -0.1) is 0 Å². The second-order valence-electron chi connectivity index (χ2n) is 6.12. The molecular formula is C16H27N3OS. The maximum absolute atomic E-state index is 5.27. The first-order chi connectivity index (χ1) is 10.3. The van der Waals surface area contributed by atoms with Gasteiger partial charge in [-0.25, -0.2) is 4.98 Å². The molecule has 0 saturated heterocycles. The van der Waals surface area contributed by atoms with Crippen molar-refractivity contribution in [1.29, 1.82) is 0 Å². The highest BCUT2D eigenvalue weighted by Crippen LogP contribution is 2.40. The van der Waals surface area contributed by atoms with Gasteiger partial charge in [0, 0.05) is 30.6 Å². The molecule has 1 aromatic rings. The van der Waals surface area contributed by atoms with Crippen molar-refractivity contribution in [3.05, 3.63) is 10.6 Å². The highest BCUT2D eigenvalue weighted by Gasteiger charge is 2.33. The fourth-order valence-corrected chi connectivity index (χ4v) is 4.37. The van der Waals surface area contributed by atoms with E-state index in [2.05, 4.69) is 17.1 Å². The van der Waals surface area contributed by atoms with Crippen LogP contribution in [-0.4, -0.2) is 37.8 Å². The van der Waals surface area contributed by atoms with Crippen LogP contribution in [-0.2, 0) is 11.2 Å². The van der Waals surface area contributed by atoms with Crippen LogP contribution in [0.25, 0.3) is 0 Å². The zero-order valence-electron chi connectivity index (χ0n) is 13.2. The van der Waals surface area contributed by atoms with E-state index in [4.69, 9.17) is 9.72 Å². The maximum Gasteiger partial charge on any atom is 0.186 e. The SMILES string of the molecule is CCCNC1CCCc2nc(N(CCOC)C3CC3)sc21. The molecule has 1 atom stereocenters. The zero-order valence-corrected chi connectivity index (χ0v) is 14.0. The number of rotatable bonds is 8. The normalized spacial score (nSPS) is 21.3. The summed E-state index contributed by atoms with van der Waals surface area (Å²) < 4.78 is 5.27. The average Bonchev–Trinajstić information content (AvgIpc) is 3.24. The van der Waals surface area contributed by atoms with E-state index >= 15 is 0 Å². The van der Waals surface area contributed by atoms with Crippen LogP contribution in [0.1, 0.15) is 55.6 Å². The van der Waals surface area contributed by atoms with Gasteiger partial charge in [-0.3, -0.25) is 0 Å². The van der Waals surface area contributed by atoms with Crippen molar-refractivity contribution in [2.45, 2.75) is 57.5 Å². The Kier molecular flexibility index (Phi) is 5.14. The number of thiazole rings is 1. The summed E-state index contributed by atoms with van der Waals surface area (Å²) in [6.07, 6.45) is 7.49. The number of nitrogens with one attached hydrogen (secondary N) is 1. The molecule has 1 aromatic heterocycles. The third-order valence-electron chi connectivity index (χ3n) is 4.35. The summed E-state index contributed by atoms with van der Waals surface area (Å²) in [7, 11) is 1.78.